The minimum absolute atomic E-state index is 0.0682. The van der Waals surface area contributed by atoms with Gasteiger partial charge in [-0.05, 0) is 48.9 Å². The van der Waals surface area contributed by atoms with Crippen molar-refractivity contribution < 1.29 is 31.5 Å². The lowest BCUT2D eigenvalue weighted by Gasteiger charge is -2.16. The van der Waals surface area contributed by atoms with Gasteiger partial charge in [0.25, 0.3) is 10.0 Å². The van der Waals surface area contributed by atoms with Crippen molar-refractivity contribution in [1.29, 1.82) is 0 Å². The molecule has 0 aliphatic heterocycles. The molecule has 3 aromatic rings. The molecule has 0 unspecified atom stereocenters. The van der Waals surface area contributed by atoms with E-state index >= 15 is 0 Å². The Morgan fingerprint density at radius 2 is 1.90 bits per heavy atom. The summed E-state index contributed by atoms with van der Waals surface area (Å²) >= 11 is 0. The molecule has 2 aromatic carbocycles. The first-order chi connectivity index (χ1) is 13.5. The number of carboxylic acids is 1. The van der Waals surface area contributed by atoms with Gasteiger partial charge in [0, 0.05) is 12.4 Å². The Hall–Kier alpha value is -3.34. The molecule has 29 heavy (non-hydrogen) atoms. The molecule has 0 aliphatic carbocycles. The van der Waals surface area contributed by atoms with Gasteiger partial charge in [-0.15, -0.1) is 0 Å². The largest absolute Gasteiger partial charge is 0.478 e. The van der Waals surface area contributed by atoms with Crippen molar-refractivity contribution in [3.8, 4) is 5.69 Å². The van der Waals surface area contributed by atoms with Crippen molar-refractivity contribution in [1.82, 2.24) is 9.78 Å². The maximum Gasteiger partial charge on any atom is 0.416 e. The quantitative estimate of drug-likeness (QED) is 0.649. The molecule has 7 nitrogen and oxygen atoms in total. The second-order valence-corrected chi connectivity index (χ2v) is 7.72. The Bertz CT molecular complexity index is 1170. The van der Waals surface area contributed by atoms with E-state index in [4.69, 9.17) is 5.11 Å². The number of anilines is 1. The number of aromatic carboxylic acids is 1. The van der Waals surface area contributed by atoms with Crippen LogP contribution in [0.4, 0.5) is 18.9 Å². The molecule has 0 atom stereocenters. The molecule has 0 amide bonds. The Morgan fingerprint density at radius 1 is 1.17 bits per heavy atom. The van der Waals surface area contributed by atoms with Crippen LogP contribution >= 0.6 is 0 Å². The number of hydrogen-bond donors (Lipinski definition) is 2. The van der Waals surface area contributed by atoms with E-state index in [9.17, 15) is 26.4 Å². The minimum Gasteiger partial charge on any atom is -0.478 e. The van der Waals surface area contributed by atoms with Gasteiger partial charge in [-0.1, -0.05) is 6.07 Å². The zero-order valence-electron chi connectivity index (χ0n) is 14.8. The Kier molecular flexibility index (Phi) is 5.09. The highest BCUT2D eigenvalue weighted by Gasteiger charge is 2.32. The molecule has 152 valence electrons. The Balaban J connectivity index is 2.13. The van der Waals surface area contributed by atoms with Crippen LogP contribution in [0, 0.1) is 6.92 Å². The van der Waals surface area contributed by atoms with Gasteiger partial charge in [0.1, 0.15) is 0 Å². The maximum absolute atomic E-state index is 13.1. The molecular weight excluding hydrogens is 411 g/mol. The monoisotopic (exact) mass is 425 g/mol. The standard InChI is InChI=1S/C18H14F3N3O4S/c1-11-3-4-12(17(25)26)9-16(11)29(27,28)23-14-10-13(18(19,20)21)5-6-15(14)24-8-2-7-22-24/h2-10,23H,1H3,(H,25,26). The molecule has 0 bridgehead atoms. The van der Waals surface area contributed by atoms with Crippen molar-refractivity contribution in [3.05, 3.63) is 71.5 Å². The second-order valence-electron chi connectivity index (χ2n) is 6.07. The van der Waals surface area contributed by atoms with Crippen LogP contribution in [0.1, 0.15) is 21.5 Å². The third kappa shape index (κ3) is 4.24. The molecule has 2 N–H and O–H groups in total. The highest BCUT2D eigenvalue weighted by Crippen LogP contribution is 2.34. The average Bonchev–Trinajstić information content (AvgIpc) is 3.15. The first kappa shape index (κ1) is 20.4. The molecule has 3 rings (SSSR count). The number of nitrogens with zero attached hydrogens (tertiary/aromatic N) is 2. The summed E-state index contributed by atoms with van der Waals surface area (Å²) in [5.41, 5.74) is -1.38. The number of carbonyl (C=O) groups is 1. The fraction of sp³-hybridized carbons (Fsp3) is 0.111. The van der Waals surface area contributed by atoms with E-state index in [-0.39, 0.29) is 27.4 Å². The summed E-state index contributed by atoms with van der Waals surface area (Å²) < 4.78 is 68.5. The van der Waals surface area contributed by atoms with Gasteiger partial charge in [-0.2, -0.15) is 18.3 Å². The van der Waals surface area contributed by atoms with Crippen LogP contribution < -0.4 is 4.72 Å². The van der Waals surface area contributed by atoms with Gasteiger partial charge in [0.2, 0.25) is 0 Å². The molecule has 1 heterocycles. The fourth-order valence-electron chi connectivity index (χ4n) is 2.63. The molecule has 11 heteroatoms. The third-order valence-corrected chi connectivity index (χ3v) is 5.55. The Labute approximate surface area is 163 Å². The van der Waals surface area contributed by atoms with E-state index in [0.717, 1.165) is 18.2 Å². The van der Waals surface area contributed by atoms with E-state index in [1.807, 2.05) is 0 Å². The van der Waals surface area contributed by atoms with E-state index in [1.54, 1.807) is 0 Å². The SMILES string of the molecule is Cc1ccc(C(=O)O)cc1S(=O)(=O)Nc1cc(C(F)(F)F)ccc1-n1cccn1. The first-order valence-corrected chi connectivity index (χ1v) is 9.55. The van der Waals surface area contributed by atoms with Gasteiger partial charge in [-0.3, -0.25) is 4.72 Å². The summed E-state index contributed by atoms with van der Waals surface area (Å²) in [6.07, 6.45) is -1.87. The van der Waals surface area contributed by atoms with Crippen LogP contribution in [-0.2, 0) is 16.2 Å². The number of aromatic nitrogens is 2. The number of hydrogen-bond acceptors (Lipinski definition) is 4. The molecule has 0 radical (unpaired) electrons. The lowest BCUT2D eigenvalue weighted by Crippen LogP contribution is -2.18. The fourth-order valence-corrected chi connectivity index (χ4v) is 3.96. The molecule has 0 saturated carbocycles. The number of halogens is 3. The zero-order valence-corrected chi connectivity index (χ0v) is 15.6. The summed E-state index contributed by atoms with van der Waals surface area (Å²) in [5, 5.41) is 13.0. The van der Waals surface area contributed by atoms with E-state index in [0.29, 0.717) is 6.07 Å². The molecule has 0 aliphatic rings. The lowest BCUT2D eigenvalue weighted by molar-refractivity contribution is -0.137. The number of alkyl halides is 3. The number of sulfonamides is 1. The van der Waals surface area contributed by atoms with E-state index < -0.39 is 27.7 Å². The molecule has 0 spiro atoms. The third-order valence-electron chi connectivity index (χ3n) is 4.04. The smallest absolute Gasteiger partial charge is 0.416 e. The van der Waals surface area contributed by atoms with Crippen molar-refractivity contribution in [2.45, 2.75) is 18.0 Å². The summed E-state index contributed by atoms with van der Waals surface area (Å²) in [6.45, 7) is 1.45. The average molecular weight is 425 g/mol. The number of nitrogens with one attached hydrogen (secondary N) is 1. The van der Waals surface area contributed by atoms with Gasteiger partial charge < -0.3 is 5.11 Å². The van der Waals surface area contributed by atoms with Crippen molar-refractivity contribution in [2.24, 2.45) is 0 Å². The lowest BCUT2D eigenvalue weighted by atomic mass is 10.1. The van der Waals surface area contributed by atoms with E-state index in [2.05, 4.69) is 9.82 Å². The highest BCUT2D eigenvalue weighted by molar-refractivity contribution is 7.92. The minimum atomic E-state index is -4.69. The number of aryl methyl sites for hydroxylation is 1. The summed E-state index contributed by atoms with van der Waals surface area (Å²) in [6, 6.07) is 7.57. The van der Waals surface area contributed by atoms with Crippen LogP contribution in [0.3, 0.4) is 0 Å². The zero-order chi connectivity index (χ0) is 21.4. The number of carboxylic acid groups (broad SMARTS) is 1. The van der Waals surface area contributed by atoms with Gasteiger partial charge in [-0.25, -0.2) is 17.9 Å². The molecule has 1 aromatic heterocycles. The van der Waals surface area contributed by atoms with Gasteiger partial charge >= 0.3 is 12.1 Å². The van der Waals surface area contributed by atoms with Crippen LogP contribution in [-0.4, -0.2) is 29.3 Å². The molecular formula is C18H14F3N3O4S. The summed E-state index contributed by atoms with van der Waals surface area (Å²) in [4.78, 5) is 10.8. The van der Waals surface area contributed by atoms with Crippen LogP contribution in [0.5, 0.6) is 0 Å². The van der Waals surface area contributed by atoms with Crippen molar-refractivity contribution >= 4 is 21.7 Å². The van der Waals surface area contributed by atoms with Crippen LogP contribution in [0.15, 0.2) is 59.8 Å². The van der Waals surface area contributed by atoms with Crippen LogP contribution in [0.2, 0.25) is 0 Å². The van der Waals surface area contributed by atoms with E-state index in [1.165, 1.54) is 42.2 Å². The van der Waals surface area contributed by atoms with Crippen LogP contribution in [0.25, 0.3) is 5.69 Å². The van der Waals surface area contributed by atoms with Gasteiger partial charge in [0.05, 0.1) is 27.4 Å². The predicted octanol–water partition coefficient (Wildman–Crippen LogP) is 3.70. The number of benzene rings is 2. The summed E-state index contributed by atoms with van der Waals surface area (Å²) in [7, 11) is -4.40. The topological polar surface area (TPSA) is 101 Å². The number of rotatable bonds is 5. The highest BCUT2D eigenvalue weighted by atomic mass is 32.2. The summed E-state index contributed by atoms with van der Waals surface area (Å²) in [5.74, 6) is -1.34. The van der Waals surface area contributed by atoms with Gasteiger partial charge in [0.15, 0.2) is 0 Å². The molecule has 0 saturated heterocycles. The first-order valence-electron chi connectivity index (χ1n) is 8.07. The second kappa shape index (κ2) is 7.24. The maximum atomic E-state index is 13.1. The van der Waals surface area contributed by atoms with Crippen molar-refractivity contribution in [3.63, 3.8) is 0 Å². The predicted molar refractivity (Wildman–Crippen MR) is 97.5 cm³/mol. The normalized spacial score (nSPS) is 12.0. The Morgan fingerprint density at radius 3 is 2.48 bits per heavy atom. The molecule has 0 fully saturated rings. The van der Waals surface area contributed by atoms with Crippen molar-refractivity contribution in [2.75, 3.05) is 4.72 Å².